The lowest BCUT2D eigenvalue weighted by Gasteiger charge is -2.06. The molecule has 0 fully saturated rings. The molecular weight excluding hydrogens is 252 g/mol. The van der Waals surface area contributed by atoms with Crippen molar-refractivity contribution in [2.75, 3.05) is 0 Å². The van der Waals surface area contributed by atoms with Gasteiger partial charge in [0.2, 0.25) is 0 Å². The first-order valence-corrected chi connectivity index (χ1v) is 6.55. The summed E-state index contributed by atoms with van der Waals surface area (Å²) in [6.07, 6.45) is 3.82. The Bertz CT molecular complexity index is 697. The molecule has 1 aromatic carbocycles. The molecule has 3 aromatic rings. The van der Waals surface area contributed by atoms with Crippen LogP contribution in [0.3, 0.4) is 0 Å². The SMILES string of the molecule is Cc1ccc(Cl)cc1-c1c(C)sc2nccn12. The van der Waals surface area contributed by atoms with Crippen molar-refractivity contribution in [1.82, 2.24) is 9.38 Å². The minimum absolute atomic E-state index is 0.768. The van der Waals surface area contributed by atoms with E-state index in [0.29, 0.717) is 0 Å². The molecule has 86 valence electrons. The molecular formula is C13H11ClN2S. The first-order chi connectivity index (χ1) is 8.16. The molecule has 3 rings (SSSR count). The van der Waals surface area contributed by atoms with Crippen LogP contribution in [0.15, 0.2) is 30.6 Å². The normalized spacial score (nSPS) is 11.2. The van der Waals surface area contributed by atoms with Gasteiger partial charge in [0.05, 0.1) is 5.69 Å². The van der Waals surface area contributed by atoms with Crippen LogP contribution in [0.5, 0.6) is 0 Å². The van der Waals surface area contributed by atoms with Crippen molar-refractivity contribution in [1.29, 1.82) is 0 Å². The van der Waals surface area contributed by atoms with Crippen molar-refractivity contribution in [3.63, 3.8) is 0 Å². The van der Waals surface area contributed by atoms with Gasteiger partial charge < -0.3 is 0 Å². The Hall–Kier alpha value is -1.32. The Kier molecular flexibility index (Phi) is 2.45. The minimum atomic E-state index is 0.768. The zero-order valence-corrected chi connectivity index (χ0v) is 11.1. The van der Waals surface area contributed by atoms with E-state index in [9.17, 15) is 0 Å². The second kappa shape index (κ2) is 3.86. The summed E-state index contributed by atoms with van der Waals surface area (Å²) < 4.78 is 2.12. The van der Waals surface area contributed by atoms with Crippen LogP contribution in [-0.4, -0.2) is 9.38 Å². The van der Waals surface area contributed by atoms with E-state index in [-0.39, 0.29) is 0 Å². The predicted molar refractivity (Wildman–Crippen MR) is 73.0 cm³/mol. The number of imidazole rings is 1. The van der Waals surface area contributed by atoms with Crippen LogP contribution in [0.4, 0.5) is 0 Å². The number of benzene rings is 1. The van der Waals surface area contributed by atoms with E-state index in [1.807, 2.05) is 24.5 Å². The second-order valence-corrected chi connectivity index (χ2v) is 5.66. The monoisotopic (exact) mass is 262 g/mol. The Morgan fingerprint density at radius 2 is 2.12 bits per heavy atom. The fourth-order valence-electron chi connectivity index (χ4n) is 2.06. The molecule has 0 spiro atoms. The molecule has 4 heteroatoms. The summed E-state index contributed by atoms with van der Waals surface area (Å²) in [6.45, 7) is 4.22. The lowest BCUT2D eigenvalue weighted by atomic mass is 10.1. The van der Waals surface area contributed by atoms with E-state index in [1.165, 1.54) is 21.7 Å². The lowest BCUT2D eigenvalue weighted by Crippen LogP contribution is -1.89. The molecule has 0 aliphatic heterocycles. The minimum Gasteiger partial charge on any atom is -0.290 e. The molecule has 2 heterocycles. The van der Waals surface area contributed by atoms with Crippen molar-refractivity contribution in [3.05, 3.63) is 46.1 Å². The molecule has 0 saturated carbocycles. The number of thiazole rings is 1. The van der Waals surface area contributed by atoms with Crippen molar-refractivity contribution in [2.24, 2.45) is 0 Å². The summed E-state index contributed by atoms with van der Waals surface area (Å²) in [4.78, 5) is 6.61. The van der Waals surface area contributed by atoms with Crippen molar-refractivity contribution in [3.8, 4) is 11.3 Å². The predicted octanol–water partition coefficient (Wildman–Crippen LogP) is 4.33. The molecule has 2 aromatic heterocycles. The van der Waals surface area contributed by atoms with Gasteiger partial charge in [0.25, 0.3) is 0 Å². The summed E-state index contributed by atoms with van der Waals surface area (Å²) >= 11 is 7.79. The number of nitrogens with zero attached hydrogens (tertiary/aromatic N) is 2. The third-order valence-corrected chi connectivity index (χ3v) is 4.10. The standard InChI is InChI=1S/C13H11ClN2S/c1-8-3-4-10(14)7-11(8)12-9(2)17-13-15-5-6-16(12)13/h3-7H,1-2H3. The highest BCUT2D eigenvalue weighted by Gasteiger charge is 2.13. The van der Waals surface area contributed by atoms with Gasteiger partial charge >= 0.3 is 0 Å². The average molecular weight is 263 g/mol. The molecule has 0 amide bonds. The van der Waals surface area contributed by atoms with Crippen molar-refractivity contribution >= 4 is 27.9 Å². The molecule has 17 heavy (non-hydrogen) atoms. The Balaban J connectivity index is 2.36. The third kappa shape index (κ3) is 1.66. The van der Waals surface area contributed by atoms with Gasteiger partial charge in [-0.1, -0.05) is 17.7 Å². The average Bonchev–Trinajstić information content (AvgIpc) is 2.82. The maximum Gasteiger partial charge on any atom is 0.194 e. The van der Waals surface area contributed by atoms with E-state index in [0.717, 1.165) is 9.98 Å². The molecule has 0 aliphatic rings. The van der Waals surface area contributed by atoms with Crippen LogP contribution >= 0.6 is 22.9 Å². The Labute approximate surface area is 108 Å². The van der Waals surface area contributed by atoms with Gasteiger partial charge in [0.1, 0.15) is 0 Å². The van der Waals surface area contributed by atoms with Crippen LogP contribution in [-0.2, 0) is 0 Å². The maximum atomic E-state index is 6.09. The molecule has 0 bridgehead atoms. The highest BCUT2D eigenvalue weighted by Crippen LogP contribution is 2.33. The van der Waals surface area contributed by atoms with E-state index in [4.69, 9.17) is 11.6 Å². The molecule has 0 aliphatic carbocycles. The highest BCUT2D eigenvalue weighted by molar-refractivity contribution is 7.17. The number of hydrogen-bond donors (Lipinski definition) is 0. The summed E-state index contributed by atoms with van der Waals surface area (Å²) in [7, 11) is 0. The number of fused-ring (bicyclic) bond motifs is 1. The van der Waals surface area contributed by atoms with Crippen molar-refractivity contribution < 1.29 is 0 Å². The topological polar surface area (TPSA) is 17.3 Å². The zero-order chi connectivity index (χ0) is 12.0. The van der Waals surface area contributed by atoms with Crippen molar-refractivity contribution in [2.45, 2.75) is 13.8 Å². The summed E-state index contributed by atoms with van der Waals surface area (Å²) in [5, 5.41) is 0.768. The highest BCUT2D eigenvalue weighted by atomic mass is 35.5. The first kappa shape index (κ1) is 10.8. The summed E-state index contributed by atoms with van der Waals surface area (Å²) in [5.41, 5.74) is 3.60. The smallest absolute Gasteiger partial charge is 0.194 e. The molecule has 0 N–H and O–H groups in total. The summed E-state index contributed by atoms with van der Waals surface area (Å²) in [6, 6.07) is 6.00. The van der Waals surface area contributed by atoms with Crippen LogP contribution < -0.4 is 0 Å². The molecule has 0 saturated heterocycles. The zero-order valence-electron chi connectivity index (χ0n) is 9.57. The van der Waals surface area contributed by atoms with E-state index >= 15 is 0 Å². The number of rotatable bonds is 1. The quantitative estimate of drug-likeness (QED) is 0.638. The van der Waals surface area contributed by atoms with Gasteiger partial charge in [-0.25, -0.2) is 4.98 Å². The fourth-order valence-corrected chi connectivity index (χ4v) is 3.17. The Morgan fingerprint density at radius 1 is 1.29 bits per heavy atom. The van der Waals surface area contributed by atoms with Gasteiger partial charge in [-0.2, -0.15) is 0 Å². The van der Waals surface area contributed by atoms with E-state index < -0.39 is 0 Å². The van der Waals surface area contributed by atoms with E-state index in [1.54, 1.807) is 11.3 Å². The lowest BCUT2D eigenvalue weighted by molar-refractivity contribution is 1.21. The summed E-state index contributed by atoms with van der Waals surface area (Å²) in [5.74, 6) is 0. The van der Waals surface area contributed by atoms with Crippen LogP contribution in [0.1, 0.15) is 10.4 Å². The second-order valence-electron chi connectivity index (χ2n) is 4.05. The largest absolute Gasteiger partial charge is 0.290 e. The third-order valence-electron chi connectivity index (χ3n) is 2.88. The van der Waals surface area contributed by atoms with Gasteiger partial charge in [0.15, 0.2) is 4.96 Å². The van der Waals surface area contributed by atoms with Gasteiger partial charge in [0, 0.05) is 27.9 Å². The number of aryl methyl sites for hydroxylation is 2. The van der Waals surface area contributed by atoms with Gasteiger partial charge in [-0.05, 0) is 31.5 Å². The number of halogens is 1. The number of aromatic nitrogens is 2. The molecule has 2 nitrogen and oxygen atoms in total. The maximum absolute atomic E-state index is 6.09. The van der Waals surface area contributed by atoms with Crippen LogP contribution in [0.2, 0.25) is 5.02 Å². The molecule has 0 unspecified atom stereocenters. The number of hydrogen-bond acceptors (Lipinski definition) is 2. The van der Waals surface area contributed by atoms with Crippen LogP contribution in [0.25, 0.3) is 16.2 Å². The Morgan fingerprint density at radius 3 is 2.94 bits per heavy atom. The molecule has 0 radical (unpaired) electrons. The fraction of sp³-hybridized carbons (Fsp3) is 0.154. The van der Waals surface area contributed by atoms with Gasteiger partial charge in [-0.3, -0.25) is 4.40 Å². The first-order valence-electron chi connectivity index (χ1n) is 5.36. The molecule has 0 atom stereocenters. The van der Waals surface area contributed by atoms with Crippen LogP contribution in [0, 0.1) is 13.8 Å². The van der Waals surface area contributed by atoms with Gasteiger partial charge in [-0.15, -0.1) is 11.3 Å². The van der Waals surface area contributed by atoms with E-state index in [2.05, 4.69) is 29.3 Å².